The van der Waals surface area contributed by atoms with Gasteiger partial charge >= 0.3 is 0 Å². The first-order valence-electron chi connectivity index (χ1n) is 9.43. The molecule has 2 aromatic heterocycles. The van der Waals surface area contributed by atoms with Crippen LogP contribution in [0.5, 0.6) is 5.75 Å². The molecule has 8 heteroatoms. The molecule has 0 saturated carbocycles. The molecule has 3 aromatic rings. The molecule has 0 bridgehead atoms. The zero-order valence-corrected chi connectivity index (χ0v) is 17.4. The number of hydrogen-bond acceptors (Lipinski definition) is 5. The number of nitrogens with zero attached hydrogens (tertiary/aromatic N) is 1. The van der Waals surface area contributed by atoms with E-state index in [4.69, 9.17) is 26.1 Å². The normalized spacial score (nSPS) is 10.8. The largest absolute Gasteiger partial charge is 0.494 e. The molecule has 1 aromatic carbocycles. The molecule has 0 fully saturated rings. The highest BCUT2D eigenvalue weighted by Crippen LogP contribution is 2.20. The Labute approximate surface area is 174 Å². The number of ether oxygens (including phenoxy) is 2. The van der Waals surface area contributed by atoms with Gasteiger partial charge in [0, 0.05) is 30.1 Å². The number of hydrogen-bond donors (Lipinski definition) is 2. The first-order chi connectivity index (χ1) is 14.1. The van der Waals surface area contributed by atoms with E-state index in [9.17, 15) is 4.79 Å². The molecular formula is C21H25N3O4S. The maximum absolute atomic E-state index is 12.6. The second-order valence-corrected chi connectivity index (χ2v) is 6.85. The minimum absolute atomic E-state index is 0.147. The number of thiocarbonyl (C=S) groups is 1. The predicted octanol–water partition coefficient (Wildman–Crippen LogP) is 3.04. The Balaban J connectivity index is 1.86. The van der Waals surface area contributed by atoms with Crippen LogP contribution >= 0.6 is 12.2 Å². The Hall–Kier alpha value is -2.84. The highest BCUT2D eigenvalue weighted by molar-refractivity contribution is 7.80. The molecule has 0 unspecified atom stereocenters. The van der Waals surface area contributed by atoms with Gasteiger partial charge < -0.3 is 29.1 Å². The Morgan fingerprint density at radius 1 is 1.28 bits per heavy atom. The van der Waals surface area contributed by atoms with E-state index in [2.05, 4.69) is 10.3 Å². The standard InChI is InChI=1S/C21H25N3O4S/c1-3-27-17-6-7-19-15(12-17)11-16(20(25)23-19)13-24(14-18-5-4-9-28-18)21(29)22-8-10-26-2/h4-7,9,11-12H,3,8,10,13-14H2,1-2H3,(H,22,29)(H,23,25). The fourth-order valence-electron chi connectivity index (χ4n) is 2.97. The molecule has 0 saturated heterocycles. The Morgan fingerprint density at radius 2 is 2.14 bits per heavy atom. The minimum Gasteiger partial charge on any atom is -0.494 e. The van der Waals surface area contributed by atoms with Crippen molar-refractivity contribution in [3.8, 4) is 5.75 Å². The van der Waals surface area contributed by atoms with Crippen LogP contribution in [-0.4, -0.2) is 41.9 Å². The lowest BCUT2D eigenvalue weighted by Gasteiger charge is -2.25. The summed E-state index contributed by atoms with van der Waals surface area (Å²) in [6.45, 7) is 4.42. The number of aromatic nitrogens is 1. The van der Waals surface area contributed by atoms with Gasteiger partial charge in [-0.25, -0.2) is 0 Å². The van der Waals surface area contributed by atoms with Gasteiger partial charge in [0.25, 0.3) is 5.56 Å². The van der Waals surface area contributed by atoms with Crippen molar-refractivity contribution in [3.05, 3.63) is 64.3 Å². The second-order valence-electron chi connectivity index (χ2n) is 6.47. The van der Waals surface area contributed by atoms with Crippen LogP contribution in [0.25, 0.3) is 10.9 Å². The summed E-state index contributed by atoms with van der Waals surface area (Å²) in [5.41, 5.74) is 1.22. The first-order valence-corrected chi connectivity index (χ1v) is 9.84. The van der Waals surface area contributed by atoms with Crippen LogP contribution in [0.15, 0.2) is 51.9 Å². The van der Waals surface area contributed by atoms with Gasteiger partial charge in [0.05, 0.1) is 32.6 Å². The molecule has 2 heterocycles. The van der Waals surface area contributed by atoms with E-state index in [0.29, 0.717) is 43.5 Å². The molecule has 0 atom stereocenters. The zero-order valence-electron chi connectivity index (χ0n) is 16.6. The van der Waals surface area contributed by atoms with Crippen molar-refractivity contribution in [2.24, 2.45) is 0 Å². The molecule has 0 aliphatic rings. The van der Waals surface area contributed by atoms with E-state index in [-0.39, 0.29) is 5.56 Å². The van der Waals surface area contributed by atoms with E-state index in [1.165, 1.54) is 0 Å². The smallest absolute Gasteiger partial charge is 0.253 e. The van der Waals surface area contributed by atoms with Crippen LogP contribution in [0, 0.1) is 0 Å². The molecule has 3 rings (SSSR count). The van der Waals surface area contributed by atoms with E-state index in [0.717, 1.165) is 22.4 Å². The van der Waals surface area contributed by atoms with E-state index in [1.807, 2.05) is 48.2 Å². The highest BCUT2D eigenvalue weighted by atomic mass is 32.1. The van der Waals surface area contributed by atoms with Gasteiger partial charge in [-0.1, -0.05) is 0 Å². The highest BCUT2D eigenvalue weighted by Gasteiger charge is 2.15. The van der Waals surface area contributed by atoms with Gasteiger partial charge in [-0.3, -0.25) is 4.79 Å². The number of pyridine rings is 1. The van der Waals surface area contributed by atoms with Crippen molar-refractivity contribution in [2.75, 3.05) is 26.9 Å². The molecular weight excluding hydrogens is 390 g/mol. The maximum atomic E-state index is 12.6. The van der Waals surface area contributed by atoms with E-state index < -0.39 is 0 Å². The van der Waals surface area contributed by atoms with Crippen molar-refractivity contribution in [2.45, 2.75) is 20.0 Å². The van der Waals surface area contributed by atoms with Gasteiger partial charge in [0.15, 0.2) is 5.11 Å². The fourth-order valence-corrected chi connectivity index (χ4v) is 3.20. The van der Waals surface area contributed by atoms with E-state index in [1.54, 1.807) is 13.4 Å². The third-order valence-corrected chi connectivity index (χ3v) is 4.76. The summed E-state index contributed by atoms with van der Waals surface area (Å²) in [4.78, 5) is 17.5. The number of nitrogens with one attached hydrogen (secondary N) is 2. The topological polar surface area (TPSA) is 79.7 Å². The number of furan rings is 1. The fraction of sp³-hybridized carbons (Fsp3) is 0.333. The number of rotatable bonds is 9. The molecule has 2 N–H and O–H groups in total. The summed E-state index contributed by atoms with van der Waals surface area (Å²) in [5.74, 6) is 1.53. The summed E-state index contributed by atoms with van der Waals surface area (Å²) in [5, 5.41) is 4.59. The first kappa shape index (κ1) is 20.9. The van der Waals surface area contributed by atoms with Crippen molar-refractivity contribution >= 4 is 28.2 Å². The number of fused-ring (bicyclic) bond motifs is 1. The summed E-state index contributed by atoms with van der Waals surface area (Å²) in [7, 11) is 1.64. The van der Waals surface area contributed by atoms with Crippen LogP contribution in [0.1, 0.15) is 18.2 Å². The lowest BCUT2D eigenvalue weighted by molar-refractivity contribution is 0.202. The molecule has 0 aliphatic heterocycles. The Morgan fingerprint density at radius 3 is 2.86 bits per heavy atom. The molecule has 0 aliphatic carbocycles. The summed E-state index contributed by atoms with van der Waals surface area (Å²) < 4.78 is 16.1. The molecule has 7 nitrogen and oxygen atoms in total. The number of benzene rings is 1. The minimum atomic E-state index is -0.147. The monoisotopic (exact) mass is 415 g/mol. The van der Waals surface area contributed by atoms with Gasteiger partial charge in [0.2, 0.25) is 0 Å². The summed E-state index contributed by atoms with van der Waals surface area (Å²) in [6, 6.07) is 11.2. The predicted molar refractivity (Wildman–Crippen MR) is 116 cm³/mol. The number of H-pyrrole nitrogens is 1. The molecule has 154 valence electrons. The third kappa shape index (κ3) is 5.58. The van der Waals surface area contributed by atoms with Crippen LogP contribution < -0.4 is 15.6 Å². The van der Waals surface area contributed by atoms with Gasteiger partial charge in [0.1, 0.15) is 11.5 Å². The molecule has 29 heavy (non-hydrogen) atoms. The third-order valence-electron chi connectivity index (χ3n) is 4.36. The van der Waals surface area contributed by atoms with Crippen LogP contribution in [-0.2, 0) is 17.8 Å². The van der Waals surface area contributed by atoms with Gasteiger partial charge in [-0.15, -0.1) is 0 Å². The SMILES string of the molecule is CCOc1ccc2[nH]c(=O)c(CN(Cc3ccco3)C(=S)NCCOC)cc2c1. The maximum Gasteiger partial charge on any atom is 0.253 e. The lowest BCUT2D eigenvalue weighted by Crippen LogP contribution is -2.41. The molecule has 0 amide bonds. The Kier molecular flexibility index (Phi) is 7.26. The van der Waals surface area contributed by atoms with Gasteiger partial charge in [-0.2, -0.15) is 0 Å². The van der Waals surface area contributed by atoms with Crippen molar-refractivity contribution in [1.82, 2.24) is 15.2 Å². The van der Waals surface area contributed by atoms with Crippen LogP contribution in [0.2, 0.25) is 0 Å². The van der Waals surface area contributed by atoms with Gasteiger partial charge in [-0.05, 0) is 55.5 Å². The summed E-state index contributed by atoms with van der Waals surface area (Å²) in [6.07, 6.45) is 1.62. The number of aromatic amines is 1. The average molecular weight is 416 g/mol. The van der Waals surface area contributed by atoms with Crippen molar-refractivity contribution in [1.29, 1.82) is 0 Å². The van der Waals surface area contributed by atoms with Crippen molar-refractivity contribution < 1.29 is 13.9 Å². The molecule has 0 spiro atoms. The second kappa shape index (κ2) is 10.1. The summed E-state index contributed by atoms with van der Waals surface area (Å²) >= 11 is 5.54. The zero-order chi connectivity index (χ0) is 20.6. The quantitative estimate of drug-likeness (QED) is 0.411. The lowest BCUT2D eigenvalue weighted by atomic mass is 10.1. The van der Waals surface area contributed by atoms with Crippen molar-refractivity contribution in [3.63, 3.8) is 0 Å². The molecule has 0 radical (unpaired) electrons. The number of methoxy groups -OCH3 is 1. The van der Waals surface area contributed by atoms with Crippen LogP contribution in [0.4, 0.5) is 0 Å². The Bertz CT molecular complexity index is 1000. The van der Waals surface area contributed by atoms with Crippen LogP contribution in [0.3, 0.4) is 0 Å². The average Bonchev–Trinajstić information content (AvgIpc) is 3.22. The van der Waals surface area contributed by atoms with E-state index >= 15 is 0 Å².